The zero-order valence-electron chi connectivity index (χ0n) is 13.1. The Balaban J connectivity index is 3.89. The summed E-state index contributed by atoms with van der Waals surface area (Å²) in [5.41, 5.74) is 0.0414. The lowest BCUT2D eigenvalue weighted by Crippen LogP contribution is -2.33. The predicted octanol–water partition coefficient (Wildman–Crippen LogP) is 3.52. The van der Waals surface area contributed by atoms with Crippen molar-refractivity contribution in [3.8, 4) is 0 Å². The molecule has 1 N–H and O–H groups in total. The molecule has 0 radical (unpaired) electrons. The van der Waals surface area contributed by atoms with Crippen molar-refractivity contribution in [2.45, 2.75) is 72.8 Å². The van der Waals surface area contributed by atoms with Gasteiger partial charge >= 0.3 is 5.97 Å². The lowest BCUT2D eigenvalue weighted by atomic mass is 9.77. The quantitative estimate of drug-likeness (QED) is 0.534. The van der Waals surface area contributed by atoms with E-state index >= 15 is 0 Å². The van der Waals surface area contributed by atoms with Gasteiger partial charge in [-0.15, -0.1) is 0 Å². The molecule has 0 spiro atoms. The Hall–Kier alpha value is -0.570. The van der Waals surface area contributed by atoms with Gasteiger partial charge in [-0.25, -0.2) is 0 Å². The molecule has 0 saturated carbocycles. The highest BCUT2D eigenvalue weighted by molar-refractivity contribution is 5.72. The molecule has 0 aromatic heterocycles. The van der Waals surface area contributed by atoms with E-state index in [0.29, 0.717) is 12.0 Å². The third-order valence-electron chi connectivity index (χ3n) is 3.77. The van der Waals surface area contributed by atoms with Crippen molar-refractivity contribution in [1.82, 2.24) is 5.32 Å². The summed E-state index contributed by atoms with van der Waals surface area (Å²) in [5.74, 6) is -0.169. The molecule has 0 aromatic carbocycles. The molecule has 18 heavy (non-hydrogen) atoms. The van der Waals surface area contributed by atoms with Crippen molar-refractivity contribution < 1.29 is 9.53 Å². The summed E-state index contributed by atoms with van der Waals surface area (Å²) >= 11 is 0. The van der Waals surface area contributed by atoms with E-state index in [4.69, 9.17) is 4.74 Å². The Bertz CT molecular complexity index is 231. The zero-order valence-corrected chi connectivity index (χ0v) is 13.1. The van der Waals surface area contributed by atoms with E-state index in [-0.39, 0.29) is 5.97 Å². The number of hydrogen-bond acceptors (Lipinski definition) is 3. The third kappa shape index (κ3) is 7.00. The standard InChI is InChI=1S/C15H31NO2/c1-7-15(8-2,9-3)10-11-16-12-13(17)18-14(4,5)6/h16H,7-12H2,1-6H3. The number of nitrogens with one attached hydrogen (secondary N) is 1. The van der Waals surface area contributed by atoms with Crippen LogP contribution in [-0.2, 0) is 9.53 Å². The van der Waals surface area contributed by atoms with Gasteiger partial charge in [0.2, 0.25) is 0 Å². The van der Waals surface area contributed by atoms with Crippen LogP contribution in [-0.4, -0.2) is 24.7 Å². The number of hydrogen-bond donors (Lipinski definition) is 1. The van der Waals surface area contributed by atoms with Gasteiger partial charge in [0.15, 0.2) is 0 Å². The van der Waals surface area contributed by atoms with E-state index in [2.05, 4.69) is 26.1 Å². The highest BCUT2D eigenvalue weighted by atomic mass is 16.6. The predicted molar refractivity (Wildman–Crippen MR) is 76.6 cm³/mol. The summed E-state index contributed by atoms with van der Waals surface area (Å²) in [7, 11) is 0. The Morgan fingerprint density at radius 3 is 1.94 bits per heavy atom. The van der Waals surface area contributed by atoms with Crippen LogP contribution in [0, 0.1) is 5.41 Å². The van der Waals surface area contributed by atoms with Crippen LogP contribution in [0.5, 0.6) is 0 Å². The fraction of sp³-hybridized carbons (Fsp3) is 0.933. The lowest BCUT2D eigenvalue weighted by molar-refractivity contribution is -0.153. The van der Waals surface area contributed by atoms with Crippen LogP contribution >= 0.6 is 0 Å². The summed E-state index contributed by atoms with van der Waals surface area (Å²) in [4.78, 5) is 11.5. The second-order valence-corrected chi connectivity index (χ2v) is 6.07. The maximum atomic E-state index is 11.5. The van der Waals surface area contributed by atoms with Gasteiger partial charge in [-0.1, -0.05) is 40.0 Å². The van der Waals surface area contributed by atoms with Gasteiger partial charge in [-0.3, -0.25) is 4.79 Å². The minimum atomic E-state index is -0.390. The Labute approximate surface area is 113 Å². The molecule has 0 aliphatic heterocycles. The molecule has 0 aromatic rings. The van der Waals surface area contributed by atoms with E-state index in [1.165, 1.54) is 19.3 Å². The van der Waals surface area contributed by atoms with Crippen LogP contribution in [0.1, 0.15) is 67.2 Å². The largest absolute Gasteiger partial charge is 0.459 e. The van der Waals surface area contributed by atoms with Crippen molar-refractivity contribution in [2.75, 3.05) is 13.1 Å². The fourth-order valence-corrected chi connectivity index (χ4v) is 2.20. The normalized spacial score (nSPS) is 12.6. The number of carbonyl (C=O) groups excluding carboxylic acids is 1. The van der Waals surface area contributed by atoms with Gasteiger partial charge < -0.3 is 10.1 Å². The molecule has 0 bridgehead atoms. The first-order valence-corrected chi connectivity index (χ1v) is 7.21. The van der Waals surface area contributed by atoms with Gasteiger partial charge in [0.25, 0.3) is 0 Å². The summed E-state index contributed by atoms with van der Waals surface area (Å²) in [6.45, 7) is 13.6. The SMILES string of the molecule is CCC(CC)(CC)CCNCC(=O)OC(C)(C)C. The van der Waals surface area contributed by atoms with Crippen LogP contribution in [0.3, 0.4) is 0 Å². The van der Waals surface area contributed by atoms with Gasteiger partial charge in [0.05, 0.1) is 6.54 Å². The highest BCUT2D eigenvalue weighted by Crippen LogP contribution is 2.33. The molecule has 0 fully saturated rings. The summed E-state index contributed by atoms with van der Waals surface area (Å²) < 4.78 is 5.25. The van der Waals surface area contributed by atoms with Gasteiger partial charge in [-0.2, -0.15) is 0 Å². The molecule has 3 nitrogen and oxygen atoms in total. The van der Waals surface area contributed by atoms with Crippen LogP contribution in [0.25, 0.3) is 0 Å². The average Bonchev–Trinajstić information content (AvgIpc) is 2.28. The first-order valence-electron chi connectivity index (χ1n) is 7.21. The molecular weight excluding hydrogens is 226 g/mol. The molecule has 0 unspecified atom stereocenters. The van der Waals surface area contributed by atoms with Crippen LogP contribution < -0.4 is 5.32 Å². The molecule has 0 saturated heterocycles. The van der Waals surface area contributed by atoms with Crippen molar-refractivity contribution in [2.24, 2.45) is 5.41 Å². The van der Waals surface area contributed by atoms with Crippen LogP contribution in [0.4, 0.5) is 0 Å². The molecule has 3 heteroatoms. The molecule has 0 amide bonds. The monoisotopic (exact) mass is 257 g/mol. The van der Waals surface area contributed by atoms with Gasteiger partial charge in [-0.05, 0) is 39.2 Å². The van der Waals surface area contributed by atoms with Crippen molar-refractivity contribution in [3.05, 3.63) is 0 Å². The van der Waals surface area contributed by atoms with Crippen LogP contribution in [0.15, 0.2) is 0 Å². The molecule has 0 atom stereocenters. The van der Waals surface area contributed by atoms with E-state index in [0.717, 1.165) is 13.0 Å². The molecule has 108 valence electrons. The second-order valence-electron chi connectivity index (χ2n) is 6.07. The number of rotatable bonds is 8. The van der Waals surface area contributed by atoms with Crippen molar-refractivity contribution in [1.29, 1.82) is 0 Å². The Kier molecular flexibility index (Phi) is 7.53. The van der Waals surface area contributed by atoms with Gasteiger partial charge in [0.1, 0.15) is 5.60 Å². The second kappa shape index (κ2) is 7.78. The highest BCUT2D eigenvalue weighted by Gasteiger charge is 2.23. The lowest BCUT2D eigenvalue weighted by Gasteiger charge is -2.30. The maximum Gasteiger partial charge on any atom is 0.320 e. The molecule has 0 rings (SSSR count). The fourth-order valence-electron chi connectivity index (χ4n) is 2.20. The summed E-state index contributed by atoms with van der Waals surface area (Å²) in [6, 6.07) is 0. The van der Waals surface area contributed by atoms with E-state index in [9.17, 15) is 4.79 Å². The van der Waals surface area contributed by atoms with Crippen LogP contribution in [0.2, 0.25) is 0 Å². The third-order valence-corrected chi connectivity index (χ3v) is 3.77. The topological polar surface area (TPSA) is 38.3 Å². The number of esters is 1. The molecule has 0 heterocycles. The van der Waals surface area contributed by atoms with Gasteiger partial charge in [0, 0.05) is 0 Å². The van der Waals surface area contributed by atoms with E-state index < -0.39 is 5.60 Å². The maximum absolute atomic E-state index is 11.5. The Morgan fingerprint density at radius 1 is 1.06 bits per heavy atom. The first-order chi connectivity index (χ1) is 8.28. The smallest absolute Gasteiger partial charge is 0.320 e. The van der Waals surface area contributed by atoms with Crippen molar-refractivity contribution >= 4 is 5.97 Å². The molecule has 0 aliphatic rings. The minimum Gasteiger partial charge on any atom is -0.459 e. The summed E-state index contributed by atoms with van der Waals surface area (Å²) in [5, 5.41) is 3.19. The first kappa shape index (κ1) is 17.4. The van der Waals surface area contributed by atoms with E-state index in [1.54, 1.807) is 0 Å². The average molecular weight is 257 g/mol. The molecular formula is C15H31NO2. The number of carbonyl (C=O) groups is 1. The number of ether oxygens (including phenoxy) is 1. The van der Waals surface area contributed by atoms with E-state index in [1.807, 2.05) is 20.8 Å². The zero-order chi connectivity index (χ0) is 14.2. The Morgan fingerprint density at radius 2 is 1.56 bits per heavy atom. The minimum absolute atomic E-state index is 0.169. The molecule has 0 aliphatic carbocycles. The van der Waals surface area contributed by atoms with Crippen molar-refractivity contribution in [3.63, 3.8) is 0 Å². The summed E-state index contributed by atoms with van der Waals surface area (Å²) in [6.07, 6.45) is 4.73.